The van der Waals surface area contributed by atoms with E-state index < -0.39 is 11.2 Å². The number of pyridine rings is 1. The van der Waals surface area contributed by atoms with Crippen molar-refractivity contribution in [3.63, 3.8) is 0 Å². The molecule has 3 heterocycles. The van der Waals surface area contributed by atoms with Gasteiger partial charge < -0.3 is 4.90 Å². The molecule has 4 rings (SSSR count). The monoisotopic (exact) mass is 356 g/mol. The van der Waals surface area contributed by atoms with Crippen molar-refractivity contribution in [3.8, 4) is 0 Å². The zero-order valence-corrected chi connectivity index (χ0v) is 15.2. The Hall–Kier alpha value is -2.44. The number of carbonyl (C=O) groups is 1. The van der Waals surface area contributed by atoms with Crippen molar-refractivity contribution in [1.82, 2.24) is 19.4 Å². The largest absolute Gasteiger partial charge is 0.338 e. The molecule has 2 fully saturated rings. The molecule has 1 aliphatic heterocycles. The number of aromatic amines is 1. The fourth-order valence-electron chi connectivity index (χ4n) is 3.89. The first-order chi connectivity index (χ1) is 12.5. The van der Waals surface area contributed by atoms with Gasteiger partial charge in [-0.2, -0.15) is 0 Å². The number of nitrogens with one attached hydrogen (secondary N) is 1. The maximum atomic E-state index is 13.2. The summed E-state index contributed by atoms with van der Waals surface area (Å²) in [6.07, 6.45) is 4.16. The number of aromatic nitrogens is 3. The molecule has 26 heavy (non-hydrogen) atoms. The third-order valence-electron chi connectivity index (χ3n) is 5.46. The van der Waals surface area contributed by atoms with Crippen molar-refractivity contribution in [2.45, 2.75) is 52.0 Å². The van der Waals surface area contributed by atoms with Crippen LogP contribution in [0.2, 0.25) is 0 Å². The number of fused-ring (bicyclic) bond motifs is 1. The lowest BCUT2D eigenvalue weighted by molar-refractivity contribution is 0.0684. The van der Waals surface area contributed by atoms with Crippen molar-refractivity contribution in [3.05, 3.63) is 38.2 Å². The van der Waals surface area contributed by atoms with Gasteiger partial charge in [0.05, 0.1) is 10.9 Å². The van der Waals surface area contributed by atoms with E-state index in [1.165, 1.54) is 4.57 Å². The van der Waals surface area contributed by atoms with Crippen LogP contribution in [0, 0.1) is 5.92 Å². The molecule has 1 atom stereocenters. The zero-order chi connectivity index (χ0) is 18.4. The molecule has 1 aliphatic carbocycles. The van der Waals surface area contributed by atoms with Crippen LogP contribution >= 0.6 is 0 Å². The Morgan fingerprint density at radius 2 is 2.08 bits per heavy atom. The lowest BCUT2D eigenvalue weighted by Crippen LogP contribution is -2.40. The summed E-state index contributed by atoms with van der Waals surface area (Å²) >= 11 is 0. The van der Waals surface area contributed by atoms with Crippen molar-refractivity contribution >= 4 is 16.9 Å². The van der Waals surface area contributed by atoms with E-state index in [4.69, 9.17) is 0 Å². The maximum Gasteiger partial charge on any atom is 0.329 e. The van der Waals surface area contributed by atoms with Crippen LogP contribution < -0.4 is 11.2 Å². The quantitative estimate of drug-likeness (QED) is 0.909. The predicted molar refractivity (Wildman–Crippen MR) is 98.6 cm³/mol. The number of carbonyl (C=O) groups excluding carboxylic acids is 1. The van der Waals surface area contributed by atoms with Crippen LogP contribution in [0.4, 0.5) is 0 Å². The molecule has 1 saturated heterocycles. The number of hydrogen-bond donors (Lipinski definition) is 1. The average molecular weight is 356 g/mol. The SMILES string of the molecule is CCn1c(=O)[nH]c(=O)c2c(C(=O)N3CCCC(C)C3)cc(C3CC3)nc21. The Bertz CT molecular complexity index is 987. The van der Waals surface area contributed by atoms with Crippen LogP contribution in [0.3, 0.4) is 0 Å². The number of hydrogen-bond acceptors (Lipinski definition) is 4. The molecule has 7 nitrogen and oxygen atoms in total. The lowest BCUT2D eigenvalue weighted by atomic mass is 9.99. The van der Waals surface area contributed by atoms with Crippen LogP contribution in [-0.4, -0.2) is 38.4 Å². The standard InChI is InChI=1S/C19H24N4O3/c1-3-23-16-15(17(24)21-19(23)26)13(9-14(20-16)12-6-7-12)18(25)22-8-4-5-11(2)10-22/h9,11-12H,3-8,10H2,1-2H3,(H,21,24,26). The minimum Gasteiger partial charge on any atom is -0.338 e. The number of aryl methyl sites for hydroxylation is 1. The van der Waals surface area contributed by atoms with Gasteiger partial charge in [-0.05, 0) is 44.6 Å². The molecule has 138 valence electrons. The fourth-order valence-corrected chi connectivity index (χ4v) is 3.89. The highest BCUT2D eigenvalue weighted by molar-refractivity contribution is 6.05. The molecular formula is C19H24N4O3. The molecule has 1 saturated carbocycles. The highest BCUT2D eigenvalue weighted by Gasteiger charge is 2.30. The van der Waals surface area contributed by atoms with Gasteiger partial charge in [-0.15, -0.1) is 0 Å². The van der Waals surface area contributed by atoms with Gasteiger partial charge in [0.2, 0.25) is 0 Å². The number of rotatable bonds is 3. The van der Waals surface area contributed by atoms with Crippen LogP contribution in [0.25, 0.3) is 11.0 Å². The average Bonchev–Trinajstić information content (AvgIpc) is 3.45. The summed E-state index contributed by atoms with van der Waals surface area (Å²) in [5, 5.41) is 0.235. The van der Waals surface area contributed by atoms with E-state index in [0.29, 0.717) is 42.7 Å². The Balaban J connectivity index is 1.94. The first-order valence-electron chi connectivity index (χ1n) is 9.46. The number of H-pyrrole nitrogens is 1. The molecule has 2 aromatic rings. The third kappa shape index (κ3) is 2.85. The molecule has 0 spiro atoms. The predicted octanol–water partition coefficient (Wildman–Crippen LogP) is 1.85. The topological polar surface area (TPSA) is 88.1 Å². The Labute approximate surface area is 151 Å². The van der Waals surface area contributed by atoms with E-state index >= 15 is 0 Å². The molecule has 0 aromatic carbocycles. The van der Waals surface area contributed by atoms with Gasteiger partial charge in [0.25, 0.3) is 11.5 Å². The molecular weight excluding hydrogens is 332 g/mol. The second kappa shape index (κ2) is 6.37. The van der Waals surface area contributed by atoms with Crippen molar-refractivity contribution in [1.29, 1.82) is 0 Å². The molecule has 1 unspecified atom stereocenters. The van der Waals surface area contributed by atoms with Crippen LogP contribution in [0.5, 0.6) is 0 Å². The van der Waals surface area contributed by atoms with Gasteiger partial charge in [-0.1, -0.05) is 6.92 Å². The number of nitrogens with zero attached hydrogens (tertiary/aromatic N) is 3. The molecule has 1 amide bonds. The van der Waals surface area contributed by atoms with Gasteiger partial charge in [0.1, 0.15) is 0 Å². The van der Waals surface area contributed by atoms with E-state index in [9.17, 15) is 14.4 Å². The van der Waals surface area contributed by atoms with E-state index in [1.54, 1.807) is 6.07 Å². The summed E-state index contributed by atoms with van der Waals surface area (Å²) < 4.78 is 1.44. The molecule has 2 aromatic heterocycles. The Morgan fingerprint density at radius 1 is 1.31 bits per heavy atom. The summed E-state index contributed by atoms with van der Waals surface area (Å²) in [5.41, 5.74) is 0.528. The van der Waals surface area contributed by atoms with Crippen LogP contribution in [0.15, 0.2) is 15.7 Å². The van der Waals surface area contributed by atoms with Gasteiger partial charge >= 0.3 is 5.69 Å². The van der Waals surface area contributed by atoms with Gasteiger partial charge in [0, 0.05) is 31.2 Å². The van der Waals surface area contributed by atoms with Crippen molar-refractivity contribution in [2.75, 3.05) is 13.1 Å². The Kier molecular flexibility index (Phi) is 4.17. The van der Waals surface area contributed by atoms with Crippen molar-refractivity contribution < 1.29 is 4.79 Å². The molecule has 1 N–H and O–H groups in total. The van der Waals surface area contributed by atoms with Crippen LogP contribution in [0.1, 0.15) is 61.5 Å². The number of amides is 1. The van der Waals surface area contributed by atoms with Gasteiger partial charge in [-0.3, -0.25) is 19.1 Å². The van der Waals surface area contributed by atoms with E-state index in [-0.39, 0.29) is 11.3 Å². The summed E-state index contributed by atoms with van der Waals surface area (Å²) in [5.74, 6) is 0.652. The smallest absolute Gasteiger partial charge is 0.329 e. The van der Waals surface area contributed by atoms with Crippen LogP contribution in [-0.2, 0) is 6.54 Å². The first-order valence-corrected chi connectivity index (χ1v) is 9.46. The number of piperidine rings is 1. The van der Waals surface area contributed by atoms with E-state index in [2.05, 4.69) is 16.9 Å². The molecule has 0 bridgehead atoms. The highest BCUT2D eigenvalue weighted by Crippen LogP contribution is 2.40. The summed E-state index contributed by atoms with van der Waals surface area (Å²) in [6, 6.07) is 1.78. The molecule has 7 heteroatoms. The lowest BCUT2D eigenvalue weighted by Gasteiger charge is -2.31. The van der Waals surface area contributed by atoms with E-state index in [1.807, 2.05) is 11.8 Å². The minimum atomic E-state index is -0.530. The highest BCUT2D eigenvalue weighted by atomic mass is 16.2. The van der Waals surface area contributed by atoms with E-state index in [0.717, 1.165) is 31.4 Å². The summed E-state index contributed by atoms with van der Waals surface area (Å²) in [7, 11) is 0. The minimum absolute atomic E-state index is 0.127. The first kappa shape index (κ1) is 17.0. The Morgan fingerprint density at radius 3 is 2.73 bits per heavy atom. The second-order valence-corrected chi connectivity index (χ2v) is 7.57. The van der Waals surface area contributed by atoms with Gasteiger partial charge in [0.15, 0.2) is 5.65 Å². The zero-order valence-electron chi connectivity index (χ0n) is 15.2. The van der Waals surface area contributed by atoms with Gasteiger partial charge in [-0.25, -0.2) is 9.78 Å². The fraction of sp³-hybridized carbons (Fsp3) is 0.579. The summed E-state index contributed by atoms with van der Waals surface area (Å²) in [4.78, 5) is 46.8. The summed E-state index contributed by atoms with van der Waals surface area (Å²) in [6.45, 7) is 5.77. The number of likely N-dealkylation sites (tertiary alicyclic amines) is 1. The van der Waals surface area contributed by atoms with Crippen molar-refractivity contribution in [2.24, 2.45) is 5.92 Å². The molecule has 2 aliphatic rings. The maximum absolute atomic E-state index is 13.2. The second-order valence-electron chi connectivity index (χ2n) is 7.57. The normalized spacial score (nSPS) is 20.5. The third-order valence-corrected chi connectivity index (χ3v) is 5.46. The molecule has 0 radical (unpaired) electrons.